The highest BCUT2D eigenvalue weighted by Crippen LogP contribution is 2.29. The Balaban J connectivity index is 1.81. The number of carbonyl (C=O) groups excluding carboxylic acids is 1. The molecule has 2 N–H and O–H groups in total. The fourth-order valence-electron chi connectivity index (χ4n) is 3.33. The summed E-state index contributed by atoms with van der Waals surface area (Å²) in [6.45, 7) is 0.242. The molecule has 34 heavy (non-hydrogen) atoms. The van der Waals surface area contributed by atoms with Gasteiger partial charge in [-0.05, 0) is 41.8 Å². The third-order valence-electron chi connectivity index (χ3n) is 5.19. The second-order valence-electron chi connectivity index (χ2n) is 7.45. The van der Waals surface area contributed by atoms with Gasteiger partial charge in [-0.15, -0.1) is 0 Å². The zero-order valence-corrected chi connectivity index (χ0v) is 20.1. The van der Waals surface area contributed by atoms with E-state index in [2.05, 4.69) is 10.0 Å². The molecule has 0 unspecified atom stereocenters. The number of nitrogens with one attached hydrogen (secondary N) is 2. The van der Waals surface area contributed by atoms with Gasteiger partial charge in [-0.3, -0.25) is 4.79 Å². The van der Waals surface area contributed by atoms with Crippen LogP contribution in [0.25, 0.3) is 0 Å². The summed E-state index contributed by atoms with van der Waals surface area (Å²) in [6, 6.07) is 19.7. The number of hydrogen-bond acceptors (Lipinski definition) is 6. The normalized spacial score (nSPS) is 12.0. The number of hydrogen-bond donors (Lipinski definition) is 2. The number of amides is 1. The molecule has 9 heteroatoms. The topological polar surface area (TPSA) is 103 Å². The first-order valence-corrected chi connectivity index (χ1v) is 12.0. The average Bonchev–Trinajstić information content (AvgIpc) is 2.87. The molecule has 0 spiro atoms. The average molecular weight is 485 g/mol. The molecular formula is C25H28N2O6S. The molecule has 3 rings (SSSR count). The van der Waals surface area contributed by atoms with E-state index in [1.807, 2.05) is 42.5 Å². The molecule has 0 bridgehead atoms. The van der Waals surface area contributed by atoms with Crippen molar-refractivity contribution in [2.75, 3.05) is 21.3 Å². The van der Waals surface area contributed by atoms with Crippen LogP contribution in [0.4, 0.5) is 0 Å². The van der Waals surface area contributed by atoms with Crippen molar-refractivity contribution in [2.24, 2.45) is 0 Å². The quantitative estimate of drug-likeness (QED) is 0.434. The maximum absolute atomic E-state index is 13.1. The monoisotopic (exact) mass is 484 g/mol. The first-order chi connectivity index (χ1) is 16.4. The number of ether oxygens (including phenoxy) is 3. The van der Waals surface area contributed by atoms with Crippen molar-refractivity contribution in [1.82, 2.24) is 10.0 Å². The van der Waals surface area contributed by atoms with Gasteiger partial charge >= 0.3 is 0 Å². The van der Waals surface area contributed by atoms with Crippen LogP contribution in [0.2, 0.25) is 0 Å². The van der Waals surface area contributed by atoms with Crippen LogP contribution in [-0.4, -0.2) is 41.7 Å². The van der Waals surface area contributed by atoms with Crippen molar-refractivity contribution in [3.8, 4) is 17.2 Å². The molecule has 0 aliphatic rings. The Kier molecular flexibility index (Phi) is 8.50. The zero-order valence-electron chi connectivity index (χ0n) is 19.3. The Morgan fingerprint density at radius 1 is 0.824 bits per heavy atom. The number of methoxy groups -OCH3 is 3. The highest BCUT2D eigenvalue weighted by Gasteiger charge is 2.27. The van der Waals surface area contributed by atoms with Gasteiger partial charge in [0.15, 0.2) is 11.5 Å². The molecule has 8 nitrogen and oxygen atoms in total. The lowest BCUT2D eigenvalue weighted by molar-refractivity contribution is -0.122. The Bertz CT molecular complexity index is 1200. The minimum Gasteiger partial charge on any atom is -0.497 e. The fraction of sp³-hybridized carbons (Fsp3) is 0.240. The summed E-state index contributed by atoms with van der Waals surface area (Å²) in [5.41, 5.74) is 1.68. The van der Waals surface area contributed by atoms with Crippen molar-refractivity contribution in [3.05, 3.63) is 83.9 Å². The smallest absolute Gasteiger partial charge is 0.241 e. The summed E-state index contributed by atoms with van der Waals surface area (Å²) in [7, 11) is 0.430. The molecule has 1 atom stereocenters. The molecule has 0 heterocycles. The van der Waals surface area contributed by atoms with Gasteiger partial charge in [0.05, 0.1) is 26.2 Å². The summed E-state index contributed by atoms with van der Waals surface area (Å²) in [5.74, 6) is 0.942. The molecule has 3 aromatic carbocycles. The molecule has 0 saturated carbocycles. The predicted molar refractivity (Wildman–Crippen MR) is 129 cm³/mol. The van der Waals surface area contributed by atoms with Crippen molar-refractivity contribution >= 4 is 15.9 Å². The first-order valence-electron chi connectivity index (χ1n) is 10.5. The zero-order chi connectivity index (χ0) is 24.6. The van der Waals surface area contributed by atoms with E-state index in [1.165, 1.54) is 32.4 Å². The summed E-state index contributed by atoms with van der Waals surface area (Å²) >= 11 is 0. The molecule has 0 fully saturated rings. The standard InChI is InChI=1S/C25H28N2O6S/c1-31-20-11-9-19(10-12-20)17-26-25(28)22(15-18-7-5-4-6-8-18)27-34(29,30)21-13-14-23(32-2)24(16-21)33-3/h4-14,16,22,27H,15,17H2,1-3H3,(H,26,28)/t22-/m1/s1. The Hall–Kier alpha value is -3.56. The van der Waals surface area contributed by atoms with Gasteiger partial charge in [0.1, 0.15) is 11.8 Å². The van der Waals surface area contributed by atoms with E-state index in [0.29, 0.717) is 11.5 Å². The van der Waals surface area contributed by atoms with Crippen molar-refractivity contribution in [3.63, 3.8) is 0 Å². The molecule has 3 aromatic rings. The molecule has 1 amide bonds. The predicted octanol–water partition coefficient (Wildman–Crippen LogP) is 2.92. The molecule has 180 valence electrons. The first kappa shape index (κ1) is 25.1. The van der Waals surface area contributed by atoms with Crippen LogP contribution >= 0.6 is 0 Å². The SMILES string of the molecule is COc1ccc(CNC(=O)[C@@H](Cc2ccccc2)NS(=O)(=O)c2ccc(OC)c(OC)c2)cc1. The largest absolute Gasteiger partial charge is 0.497 e. The van der Waals surface area contributed by atoms with E-state index in [-0.39, 0.29) is 23.6 Å². The molecular weight excluding hydrogens is 456 g/mol. The van der Waals surface area contributed by atoms with Crippen LogP contribution in [0.15, 0.2) is 77.7 Å². The molecule has 0 saturated heterocycles. The lowest BCUT2D eigenvalue weighted by Crippen LogP contribution is -2.47. The van der Waals surface area contributed by atoms with E-state index < -0.39 is 22.0 Å². The van der Waals surface area contributed by atoms with Gasteiger partial charge in [-0.25, -0.2) is 8.42 Å². The Morgan fingerprint density at radius 2 is 1.50 bits per heavy atom. The van der Waals surface area contributed by atoms with Gasteiger partial charge < -0.3 is 19.5 Å². The second kappa shape index (κ2) is 11.5. The lowest BCUT2D eigenvalue weighted by Gasteiger charge is -2.19. The summed E-state index contributed by atoms with van der Waals surface area (Å²) in [4.78, 5) is 13.0. The van der Waals surface area contributed by atoms with Crippen LogP contribution in [0.1, 0.15) is 11.1 Å². The van der Waals surface area contributed by atoms with Gasteiger partial charge in [-0.1, -0.05) is 42.5 Å². The van der Waals surface area contributed by atoms with E-state index in [0.717, 1.165) is 11.1 Å². The third-order valence-corrected chi connectivity index (χ3v) is 6.66. The Labute approximate surface area is 199 Å². The molecule has 0 aliphatic carbocycles. The summed E-state index contributed by atoms with van der Waals surface area (Å²) < 4.78 is 44.4. The number of rotatable bonds is 11. The number of carbonyl (C=O) groups is 1. The van der Waals surface area contributed by atoms with E-state index >= 15 is 0 Å². The van der Waals surface area contributed by atoms with Crippen LogP contribution in [0.3, 0.4) is 0 Å². The van der Waals surface area contributed by atoms with E-state index in [1.54, 1.807) is 19.2 Å². The van der Waals surface area contributed by atoms with Crippen LogP contribution in [-0.2, 0) is 27.8 Å². The van der Waals surface area contributed by atoms with Gasteiger partial charge in [0.2, 0.25) is 15.9 Å². The fourth-order valence-corrected chi connectivity index (χ4v) is 4.54. The summed E-state index contributed by atoms with van der Waals surface area (Å²) in [6.07, 6.45) is 0.182. The van der Waals surface area contributed by atoms with Crippen LogP contribution in [0.5, 0.6) is 17.2 Å². The minimum atomic E-state index is -4.04. The van der Waals surface area contributed by atoms with E-state index in [4.69, 9.17) is 14.2 Å². The van der Waals surface area contributed by atoms with Crippen molar-refractivity contribution < 1.29 is 27.4 Å². The van der Waals surface area contributed by atoms with Crippen molar-refractivity contribution in [2.45, 2.75) is 23.9 Å². The van der Waals surface area contributed by atoms with Crippen LogP contribution < -0.4 is 24.2 Å². The van der Waals surface area contributed by atoms with Crippen molar-refractivity contribution in [1.29, 1.82) is 0 Å². The molecule has 0 radical (unpaired) electrons. The minimum absolute atomic E-state index is 0.0360. The highest BCUT2D eigenvalue weighted by molar-refractivity contribution is 7.89. The number of sulfonamides is 1. The highest BCUT2D eigenvalue weighted by atomic mass is 32.2. The lowest BCUT2D eigenvalue weighted by atomic mass is 10.1. The molecule has 0 aromatic heterocycles. The third kappa shape index (κ3) is 6.49. The van der Waals surface area contributed by atoms with E-state index in [9.17, 15) is 13.2 Å². The summed E-state index contributed by atoms with van der Waals surface area (Å²) in [5, 5.41) is 2.82. The number of benzene rings is 3. The molecule has 0 aliphatic heterocycles. The van der Waals surface area contributed by atoms with Gasteiger partial charge in [0.25, 0.3) is 0 Å². The maximum atomic E-state index is 13.1. The van der Waals surface area contributed by atoms with Gasteiger partial charge in [0, 0.05) is 12.6 Å². The van der Waals surface area contributed by atoms with Gasteiger partial charge in [-0.2, -0.15) is 4.72 Å². The maximum Gasteiger partial charge on any atom is 0.241 e. The van der Waals surface area contributed by atoms with Crippen LogP contribution in [0, 0.1) is 0 Å². The Morgan fingerprint density at radius 3 is 2.12 bits per heavy atom. The second-order valence-corrected chi connectivity index (χ2v) is 9.16.